The second-order valence-corrected chi connectivity index (χ2v) is 10.6. The number of carbonyl (C=O) groups is 2. The normalized spacial score (nSPS) is 23.8. The van der Waals surface area contributed by atoms with Crippen LogP contribution in [0.5, 0.6) is 0 Å². The van der Waals surface area contributed by atoms with Crippen molar-refractivity contribution < 1.29 is 27.9 Å². The highest BCUT2D eigenvalue weighted by atomic mass is 19.3. The van der Waals surface area contributed by atoms with E-state index in [1.165, 1.54) is 20.7 Å². The van der Waals surface area contributed by atoms with Gasteiger partial charge in [0.05, 0.1) is 12.6 Å². The third kappa shape index (κ3) is 4.88. The summed E-state index contributed by atoms with van der Waals surface area (Å²) >= 11 is 0. The SMILES string of the molecule is Cc1cccc(N2CCN(C(=O)Cn3nc(C(=O)N4CCC(O)C(F)C4)c4c3CCC4C(F)F)CC2)c1C. The van der Waals surface area contributed by atoms with Gasteiger partial charge in [-0.1, -0.05) is 12.1 Å². The Morgan fingerprint density at radius 2 is 1.82 bits per heavy atom. The summed E-state index contributed by atoms with van der Waals surface area (Å²) in [6, 6.07) is 6.18. The Hall–Kier alpha value is -3.08. The van der Waals surface area contributed by atoms with Crippen LogP contribution in [-0.4, -0.2) is 94.5 Å². The second kappa shape index (κ2) is 10.6. The molecule has 3 heterocycles. The number of hydrogen-bond donors (Lipinski definition) is 1. The first-order valence-corrected chi connectivity index (χ1v) is 13.2. The molecular weight excluding hydrogens is 499 g/mol. The van der Waals surface area contributed by atoms with Gasteiger partial charge in [0.2, 0.25) is 12.3 Å². The van der Waals surface area contributed by atoms with E-state index < -0.39 is 30.5 Å². The Morgan fingerprint density at radius 3 is 2.50 bits per heavy atom. The quantitative estimate of drug-likeness (QED) is 0.639. The number of aliphatic hydroxyl groups is 1. The van der Waals surface area contributed by atoms with Crippen molar-refractivity contribution in [3.05, 3.63) is 46.3 Å². The zero-order valence-corrected chi connectivity index (χ0v) is 21.7. The molecule has 3 atom stereocenters. The van der Waals surface area contributed by atoms with Crippen LogP contribution in [0.1, 0.15) is 51.6 Å². The number of hydrogen-bond acceptors (Lipinski definition) is 5. The minimum absolute atomic E-state index is 0.0701. The van der Waals surface area contributed by atoms with E-state index in [0.717, 1.165) is 5.69 Å². The Bertz CT molecular complexity index is 1210. The molecule has 2 amide bonds. The first kappa shape index (κ1) is 26.5. The highest BCUT2D eigenvalue weighted by Crippen LogP contribution is 2.40. The number of benzene rings is 1. The molecule has 1 aromatic carbocycles. The van der Waals surface area contributed by atoms with Crippen molar-refractivity contribution in [2.24, 2.45) is 0 Å². The number of piperidine rings is 1. The summed E-state index contributed by atoms with van der Waals surface area (Å²) in [5.41, 5.74) is 4.12. The fourth-order valence-corrected chi connectivity index (χ4v) is 5.87. The molecule has 5 rings (SSSR count). The lowest BCUT2D eigenvalue weighted by Gasteiger charge is -2.37. The molecule has 38 heavy (non-hydrogen) atoms. The van der Waals surface area contributed by atoms with Crippen LogP contribution in [0, 0.1) is 13.8 Å². The van der Waals surface area contributed by atoms with Gasteiger partial charge < -0.3 is 19.8 Å². The van der Waals surface area contributed by atoms with Crippen LogP contribution in [0.2, 0.25) is 0 Å². The lowest BCUT2D eigenvalue weighted by atomic mass is 10.0. The lowest BCUT2D eigenvalue weighted by Crippen LogP contribution is -2.50. The van der Waals surface area contributed by atoms with Crippen molar-refractivity contribution in [2.45, 2.75) is 64.3 Å². The zero-order chi connectivity index (χ0) is 27.1. The fourth-order valence-electron chi connectivity index (χ4n) is 5.87. The topological polar surface area (TPSA) is 81.9 Å². The third-order valence-electron chi connectivity index (χ3n) is 8.30. The van der Waals surface area contributed by atoms with E-state index in [0.29, 0.717) is 38.3 Å². The van der Waals surface area contributed by atoms with Crippen LogP contribution in [-0.2, 0) is 17.8 Å². The summed E-state index contributed by atoms with van der Waals surface area (Å²) < 4.78 is 43.2. The van der Waals surface area contributed by atoms with E-state index in [-0.39, 0.29) is 49.6 Å². The average Bonchev–Trinajstić information content (AvgIpc) is 3.48. The third-order valence-corrected chi connectivity index (χ3v) is 8.30. The molecule has 8 nitrogen and oxygen atoms in total. The number of aryl methyl sites for hydroxylation is 1. The van der Waals surface area contributed by atoms with Gasteiger partial charge in [-0.2, -0.15) is 5.10 Å². The van der Waals surface area contributed by atoms with Gasteiger partial charge in [0.15, 0.2) is 5.69 Å². The summed E-state index contributed by atoms with van der Waals surface area (Å²) in [5, 5.41) is 14.0. The van der Waals surface area contributed by atoms with E-state index in [4.69, 9.17) is 0 Å². The first-order valence-electron chi connectivity index (χ1n) is 13.2. The number of alkyl halides is 3. The first-order chi connectivity index (χ1) is 18.2. The van der Waals surface area contributed by atoms with Gasteiger partial charge in [-0.15, -0.1) is 0 Å². The van der Waals surface area contributed by atoms with Crippen molar-refractivity contribution in [3.63, 3.8) is 0 Å². The van der Waals surface area contributed by atoms with Crippen molar-refractivity contribution in [1.82, 2.24) is 19.6 Å². The lowest BCUT2D eigenvalue weighted by molar-refractivity contribution is -0.132. The minimum atomic E-state index is -2.67. The molecule has 1 N–H and O–H groups in total. The Labute approximate surface area is 220 Å². The number of nitrogens with zero attached hydrogens (tertiary/aromatic N) is 5. The molecular formula is C27H34F3N5O3. The molecule has 1 aromatic heterocycles. The second-order valence-electron chi connectivity index (χ2n) is 10.6. The van der Waals surface area contributed by atoms with Crippen molar-refractivity contribution in [2.75, 3.05) is 44.2 Å². The smallest absolute Gasteiger partial charge is 0.274 e. The molecule has 2 aromatic rings. The maximum absolute atomic E-state index is 14.1. The van der Waals surface area contributed by atoms with Crippen LogP contribution in [0.25, 0.3) is 0 Å². The van der Waals surface area contributed by atoms with Crippen LogP contribution in [0.3, 0.4) is 0 Å². The van der Waals surface area contributed by atoms with E-state index in [2.05, 4.69) is 36.0 Å². The van der Waals surface area contributed by atoms with Crippen molar-refractivity contribution >= 4 is 17.5 Å². The molecule has 2 fully saturated rings. The molecule has 3 unspecified atom stereocenters. The predicted octanol–water partition coefficient (Wildman–Crippen LogP) is 2.69. The molecule has 1 aliphatic carbocycles. The number of fused-ring (bicyclic) bond motifs is 1. The van der Waals surface area contributed by atoms with Gasteiger partial charge >= 0.3 is 0 Å². The van der Waals surface area contributed by atoms with Gasteiger partial charge in [0.25, 0.3) is 5.91 Å². The highest BCUT2D eigenvalue weighted by molar-refractivity contribution is 5.94. The van der Waals surface area contributed by atoms with E-state index in [9.17, 15) is 27.9 Å². The Kier molecular flexibility index (Phi) is 7.39. The molecule has 2 aliphatic heterocycles. The Morgan fingerprint density at radius 1 is 1.08 bits per heavy atom. The van der Waals surface area contributed by atoms with Gasteiger partial charge in [0.1, 0.15) is 12.7 Å². The molecule has 206 valence electrons. The van der Waals surface area contributed by atoms with E-state index in [1.807, 2.05) is 6.07 Å². The largest absolute Gasteiger partial charge is 0.390 e. The van der Waals surface area contributed by atoms with Gasteiger partial charge in [0, 0.05) is 55.6 Å². The zero-order valence-electron chi connectivity index (χ0n) is 21.7. The van der Waals surface area contributed by atoms with Crippen molar-refractivity contribution in [1.29, 1.82) is 0 Å². The van der Waals surface area contributed by atoms with Crippen LogP contribution in [0.4, 0.5) is 18.9 Å². The van der Waals surface area contributed by atoms with Crippen LogP contribution < -0.4 is 4.90 Å². The van der Waals surface area contributed by atoms with Crippen molar-refractivity contribution in [3.8, 4) is 0 Å². The Balaban J connectivity index is 1.31. The van der Waals surface area contributed by atoms with E-state index >= 15 is 0 Å². The minimum Gasteiger partial charge on any atom is -0.390 e. The molecule has 0 spiro atoms. The molecule has 11 heteroatoms. The number of carbonyl (C=O) groups excluding carboxylic acids is 2. The number of piperazine rings is 1. The summed E-state index contributed by atoms with van der Waals surface area (Å²) in [6.07, 6.45) is -4.89. The number of anilines is 1. The highest BCUT2D eigenvalue weighted by Gasteiger charge is 2.41. The van der Waals surface area contributed by atoms with Gasteiger partial charge in [-0.25, -0.2) is 13.2 Å². The van der Waals surface area contributed by atoms with Gasteiger partial charge in [-0.05, 0) is 50.3 Å². The molecule has 3 aliphatic rings. The number of rotatable bonds is 5. The predicted molar refractivity (Wildman–Crippen MR) is 135 cm³/mol. The maximum atomic E-state index is 14.1. The van der Waals surface area contributed by atoms with E-state index in [1.54, 1.807) is 4.90 Å². The number of likely N-dealkylation sites (tertiary alicyclic amines) is 1. The van der Waals surface area contributed by atoms with Crippen LogP contribution in [0.15, 0.2) is 18.2 Å². The molecule has 0 radical (unpaired) electrons. The summed E-state index contributed by atoms with van der Waals surface area (Å²) in [4.78, 5) is 31.7. The number of aliphatic hydroxyl groups excluding tert-OH is 1. The summed E-state index contributed by atoms with van der Waals surface area (Å²) in [6.45, 7) is 6.22. The molecule has 0 bridgehead atoms. The summed E-state index contributed by atoms with van der Waals surface area (Å²) in [7, 11) is 0. The standard InChI is InChI=1S/C27H34F3N5O3/c1-16-4-3-5-20(17(16)2)32-10-12-33(13-11-32)23(37)15-35-21-7-6-18(26(29)30)24(21)25(31-35)27(38)34-9-8-22(36)19(28)14-34/h3-5,18-19,22,26,36H,6-15H2,1-2H3. The monoisotopic (exact) mass is 533 g/mol. The molecule has 0 saturated carbocycles. The van der Waals surface area contributed by atoms with Gasteiger partial charge in [-0.3, -0.25) is 14.3 Å². The summed E-state index contributed by atoms with van der Waals surface area (Å²) in [5.74, 6) is -1.96. The van der Waals surface area contributed by atoms with Crippen LogP contribution >= 0.6 is 0 Å². The molecule has 2 saturated heterocycles. The number of aromatic nitrogens is 2. The average molecular weight is 534 g/mol. The number of halogens is 3. The number of amides is 2. The fraction of sp³-hybridized carbons (Fsp3) is 0.593. The maximum Gasteiger partial charge on any atom is 0.274 e.